The van der Waals surface area contributed by atoms with E-state index in [1.54, 1.807) is 43.5 Å². The van der Waals surface area contributed by atoms with E-state index in [0.29, 0.717) is 12.2 Å². The highest BCUT2D eigenvalue weighted by atomic mass is 32.2. The predicted octanol–water partition coefficient (Wildman–Crippen LogP) is 4.62. The number of β-lactam (4-membered cyclic amide) rings is 1. The Morgan fingerprint density at radius 2 is 1.55 bits per heavy atom. The second-order valence-electron chi connectivity index (χ2n) is 7.79. The van der Waals surface area contributed by atoms with Gasteiger partial charge in [0.2, 0.25) is 5.91 Å². The average Bonchev–Trinajstić information content (AvgIpc) is 2.79. The lowest BCUT2D eigenvalue weighted by Crippen LogP contribution is -2.67. The molecule has 1 aliphatic heterocycles. The minimum absolute atomic E-state index is 0.114. The molecule has 0 aromatic heterocycles. The molecule has 0 radical (unpaired) electrons. The summed E-state index contributed by atoms with van der Waals surface area (Å²) < 4.78 is 33.4. The van der Waals surface area contributed by atoms with Gasteiger partial charge in [0, 0.05) is 0 Å². The summed E-state index contributed by atoms with van der Waals surface area (Å²) >= 11 is 0. The van der Waals surface area contributed by atoms with E-state index in [0.717, 1.165) is 21.0 Å². The summed E-state index contributed by atoms with van der Waals surface area (Å²) in [4.78, 5) is 13.7. The molecule has 0 unspecified atom stereocenters. The molecule has 1 fully saturated rings. The van der Waals surface area contributed by atoms with Gasteiger partial charge in [-0.2, -0.15) is 0 Å². The van der Waals surface area contributed by atoms with E-state index in [2.05, 4.69) is 0 Å². The summed E-state index contributed by atoms with van der Waals surface area (Å²) in [5, 5.41) is 0. The normalized spacial score (nSPS) is 20.9. The Labute approximate surface area is 183 Å². The maximum absolute atomic E-state index is 13.6. The van der Waals surface area contributed by atoms with Gasteiger partial charge in [-0.1, -0.05) is 67.1 Å². The van der Waals surface area contributed by atoms with Gasteiger partial charge in [0.1, 0.15) is 11.2 Å². The SMILES string of the molecule is CC[C@]1(c2ccccc2)C(=O)N(S(=O)(=O)c2ccc(C)cc2)[C@@H]1c1ccc(OC)cc1. The first-order valence-electron chi connectivity index (χ1n) is 10.2. The van der Waals surface area contributed by atoms with Crippen LogP contribution in [0.4, 0.5) is 0 Å². The van der Waals surface area contributed by atoms with Crippen LogP contribution in [0, 0.1) is 6.92 Å². The number of rotatable bonds is 6. The molecule has 0 bridgehead atoms. The van der Waals surface area contributed by atoms with Gasteiger partial charge < -0.3 is 4.74 Å². The fourth-order valence-corrected chi connectivity index (χ4v) is 6.08. The zero-order chi connectivity index (χ0) is 22.2. The van der Waals surface area contributed by atoms with Crippen molar-refractivity contribution in [3.8, 4) is 5.75 Å². The number of carbonyl (C=O) groups excluding carboxylic acids is 1. The van der Waals surface area contributed by atoms with E-state index in [9.17, 15) is 13.2 Å². The molecule has 3 aromatic carbocycles. The van der Waals surface area contributed by atoms with Crippen molar-refractivity contribution in [3.63, 3.8) is 0 Å². The van der Waals surface area contributed by atoms with Crippen LogP contribution in [0.2, 0.25) is 0 Å². The first kappa shape index (κ1) is 21.1. The van der Waals surface area contributed by atoms with Crippen molar-refractivity contribution in [1.29, 1.82) is 0 Å². The number of hydrogen-bond acceptors (Lipinski definition) is 4. The molecule has 3 aromatic rings. The molecule has 31 heavy (non-hydrogen) atoms. The number of hydrogen-bond donors (Lipinski definition) is 0. The van der Waals surface area contributed by atoms with Crippen LogP contribution in [0.3, 0.4) is 0 Å². The molecule has 0 N–H and O–H groups in total. The molecule has 0 saturated carbocycles. The summed E-state index contributed by atoms with van der Waals surface area (Å²) in [6.07, 6.45) is 0.479. The first-order valence-corrected chi connectivity index (χ1v) is 11.6. The fraction of sp³-hybridized carbons (Fsp3) is 0.240. The van der Waals surface area contributed by atoms with Crippen LogP contribution in [0.25, 0.3) is 0 Å². The van der Waals surface area contributed by atoms with Gasteiger partial charge >= 0.3 is 0 Å². The smallest absolute Gasteiger partial charge is 0.267 e. The topological polar surface area (TPSA) is 63.7 Å². The highest BCUT2D eigenvalue weighted by molar-refractivity contribution is 7.89. The number of nitrogens with zero attached hydrogens (tertiary/aromatic N) is 1. The molecular formula is C25H25NO4S. The second kappa shape index (κ2) is 7.85. The van der Waals surface area contributed by atoms with Crippen molar-refractivity contribution in [3.05, 3.63) is 95.6 Å². The number of aryl methyl sites for hydroxylation is 1. The highest BCUT2D eigenvalue weighted by Gasteiger charge is 2.65. The van der Waals surface area contributed by atoms with Crippen molar-refractivity contribution in [2.24, 2.45) is 0 Å². The van der Waals surface area contributed by atoms with Gasteiger partial charge in [-0.25, -0.2) is 12.7 Å². The first-order chi connectivity index (χ1) is 14.9. The van der Waals surface area contributed by atoms with Crippen LogP contribution < -0.4 is 4.74 Å². The van der Waals surface area contributed by atoms with Gasteiger partial charge in [-0.15, -0.1) is 0 Å². The third-order valence-electron chi connectivity index (χ3n) is 6.14. The van der Waals surface area contributed by atoms with Crippen LogP contribution in [0.1, 0.15) is 36.1 Å². The van der Waals surface area contributed by atoms with Crippen molar-refractivity contribution in [1.82, 2.24) is 4.31 Å². The summed E-state index contributed by atoms with van der Waals surface area (Å²) in [5.41, 5.74) is 1.57. The molecule has 1 amide bonds. The van der Waals surface area contributed by atoms with Crippen LogP contribution in [0.15, 0.2) is 83.8 Å². The summed E-state index contributed by atoms with van der Waals surface area (Å²) in [6.45, 7) is 3.82. The second-order valence-corrected chi connectivity index (χ2v) is 9.60. The largest absolute Gasteiger partial charge is 0.497 e. The van der Waals surface area contributed by atoms with Crippen LogP contribution in [0.5, 0.6) is 5.75 Å². The molecule has 1 saturated heterocycles. The minimum Gasteiger partial charge on any atom is -0.497 e. The number of methoxy groups -OCH3 is 1. The Morgan fingerprint density at radius 3 is 2.10 bits per heavy atom. The standard InChI is InChI=1S/C25H25NO4S/c1-4-25(20-8-6-5-7-9-20)23(19-12-14-21(30-3)15-13-19)26(24(25)27)31(28,29)22-16-10-18(2)11-17-22/h5-17,23H,4H2,1-3H3/t23-,25-/m1/s1. The molecule has 1 heterocycles. The monoisotopic (exact) mass is 435 g/mol. The molecule has 0 spiro atoms. The molecule has 0 aliphatic carbocycles. The number of benzene rings is 3. The van der Waals surface area contributed by atoms with E-state index in [1.165, 1.54) is 0 Å². The molecule has 5 nitrogen and oxygen atoms in total. The van der Waals surface area contributed by atoms with Gasteiger partial charge in [-0.3, -0.25) is 4.79 Å². The van der Waals surface area contributed by atoms with Gasteiger partial charge in [0.25, 0.3) is 10.0 Å². The lowest BCUT2D eigenvalue weighted by Gasteiger charge is -2.55. The molecular weight excluding hydrogens is 410 g/mol. The van der Waals surface area contributed by atoms with Crippen LogP contribution in [-0.2, 0) is 20.2 Å². The zero-order valence-corrected chi connectivity index (χ0v) is 18.6. The van der Waals surface area contributed by atoms with Gasteiger partial charge in [0.05, 0.1) is 18.0 Å². The van der Waals surface area contributed by atoms with E-state index >= 15 is 0 Å². The Hall–Kier alpha value is -3.12. The summed E-state index contributed by atoms with van der Waals surface area (Å²) in [6, 6.07) is 22.6. The lowest BCUT2D eigenvalue weighted by molar-refractivity contribution is -0.151. The minimum atomic E-state index is -4.02. The number of carbonyl (C=O) groups is 1. The highest BCUT2D eigenvalue weighted by Crippen LogP contribution is 2.56. The van der Waals surface area contributed by atoms with Gasteiger partial charge in [0.15, 0.2) is 0 Å². The van der Waals surface area contributed by atoms with E-state index in [1.807, 2.05) is 56.3 Å². The van der Waals surface area contributed by atoms with Crippen LogP contribution in [-0.4, -0.2) is 25.7 Å². The zero-order valence-electron chi connectivity index (χ0n) is 17.8. The maximum Gasteiger partial charge on any atom is 0.267 e. The van der Waals surface area contributed by atoms with E-state index in [4.69, 9.17) is 4.74 Å². The molecule has 160 valence electrons. The summed E-state index contributed by atoms with van der Waals surface area (Å²) in [5.74, 6) is 0.270. The van der Waals surface area contributed by atoms with E-state index in [-0.39, 0.29) is 4.90 Å². The number of ether oxygens (including phenoxy) is 1. The Morgan fingerprint density at radius 1 is 0.935 bits per heavy atom. The Balaban J connectivity index is 1.88. The third kappa shape index (κ3) is 3.22. The maximum atomic E-state index is 13.6. The van der Waals surface area contributed by atoms with Crippen molar-refractivity contribution < 1.29 is 17.9 Å². The van der Waals surface area contributed by atoms with Crippen molar-refractivity contribution in [2.45, 2.75) is 36.6 Å². The fourth-order valence-electron chi connectivity index (χ4n) is 4.41. The quantitative estimate of drug-likeness (QED) is 0.530. The number of sulfonamides is 1. The average molecular weight is 436 g/mol. The molecule has 4 rings (SSSR count). The Kier molecular flexibility index (Phi) is 5.35. The lowest BCUT2D eigenvalue weighted by atomic mass is 9.63. The van der Waals surface area contributed by atoms with Gasteiger partial charge in [-0.05, 0) is 48.7 Å². The summed E-state index contributed by atoms with van der Waals surface area (Å²) in [7, 11) is -2.44. The van der Waals surface area contributed by atoms with Crippen molar-refractivity contribution in [2.75, 3.05) is 7.11 Å². The predicted molar refractivity (Wildman–Crippen MR) is 119 cm³/mol. The molecule has 2 atom stereocenters. The van der Waals surface area contributed by atoms with Crippen molar-refractivity contribution >= 4 is 15.9 Å². The molecule has 1 aliphatic rings. The third-order valence-corrected chi connectivity index (χ3v) is 7.90. The number of amides is 1. The van der Waals surface area contributed by atoms with E-state index < -0.39 is 27.4 Å². The molecule has 6 heteroatoms. The van der Waals surface area contributed by atoms with Crippen LogP contribution >= 0.6 is 0 Å². The Bertz CT molecular complexity index is 1190.